The third kappa shape index (κ3) is 8.93. The number of nitrogens with two attached hydrogens (primary N) is 1. The molecule has 1 aliphatic heterocycles. The molecule has 4 N–H and O–H groups in total. The van der Waals surface area contributed by atoms with Crippen LogP contribution < -0.4 is 26.0 Å². The second-order valence-corrected chi connectivity index (χ2v) is 13.3. The SMILES string of the molecule is COc1cc(N2CCN(CCOCCOCCN)CC2)ccc1Nc1ncc(Cl)c(Nc2ccccc2S(=O)(=O)C(C)C)n1. The van der Waals surface area contributed by atoms with E-state index in [0.29, 0.717) is 50.1 Å². The zero-order valence-corrected chi connectivity index (χ0v) is 27.0. The number of piperazine rings is 1. The Bertz CT molecular complexity index is 1470. The van der Waals surface area contributed by atoms with Crippen LogP contribution in [0.5, 0.6) is 5.75 Å². The number of hydrogen-bond acceptors (Lipinski definition) is 12. The molecule has 0 amide bonds. The van der Waals surface area contributed by atoms with Crippen LogP contribution in [0.25, 0.3) is 0 Å². The molecule has 1 fully saturated rings. The van der Waals surface area contributed by atoms with Gasteiger partial charge in [-0.2, -0.15) is 4.98 Å². The number of para-hydroxylation sites is 1. The molecule has 0 atom stereocenters. The highest BCUT2D eigenvalue weighted by molar-refractivity contribution is 7.92. The standard InChI is InChI=1S/C30H42ClN7O5S/c1-22(2)44(39,40)28-7-5-4-6-26(28)34-29-24(31)21-33-30(36-29)35-25-9-8-23(20-27(25)41-3)38-13-11-37(12-14-38)15-17-43-19-18-42-16-10-32/h4-9,20-22H,10-19,32H2,1-3H3,(H2,33,34,35,36). The topological polar surface area (TPSA) is 144 Å². The van der Waals surface area contributed by atoms with E-state index in [9.17, 15) is 8.42 Å². The highest BCUT2D eigenvalue weighted by atomic mass is 35.5. The fraction of sp³-hybridized carbons (Fsp3) is 0.467. The third-order valence-electron chi connectivity index (χ3n) is 7.17. The van der Waals surface area contributed by atoms with Crippen molar-refractivity contribution in [3.05, 3.63) is 53.7 Å². The summed E-state index contributed by atoms with van der Waals surface area (Å²) in [5.41, 5.74) is 7.54. The van der Waals surface area contributed by atoms with E-state index in [1.54, 1.807) is 45.2 Å². The van der Waals surface area contributed by atoms with Crippen molar-refractivity contribution < 1.29 is 22.6 Å². The first-order valence-corrected chi connectivity index (χ1v) is 16.6. The number of rotatable bonds is 16. The predicted molar refractivity (Wildman–Crippen MR) is 175 cm³/mol. The minimum atomic E-state index is -3.53. The number of aromatic nitrogens is 2. The number of nitrogens with one attached hydrogen (secondary N) is 2. The summed E-state index contributed by atoms with van der Waals surface area (Å²) < 4.78 is 42.5. The van der Waals surface area contributed by atoms with Gasteiger partial charge in [-0.15, -0.1) is 0 Å². The van der Waals surface area contributed by atoms with E-state index in [4.69, 9.17) is 31.5 Å². The number of ether oxygens (including phenoxy) is 3. The molecule has 12 nitrogen and oxygen atoms in total. The van der Waals surface area contributed by atoms with Gasteiger partial charge in [-0.05, 0) is 38.1 Å². The molecule has 0 bridgehead atoms. The summed E-state index contributed by atoms with van der Waals surface area (Å²) in [6.45, 7) is 10.7. The molecule has 0 radical (unpaired) electrons. The maximum absolute atomic E-state index is 12.9. The summed E-state index contributed by atoms with van der Waals surface area (Å²) in [6, 6.07) is 12.6. The van der Waals surface area contributed by atoms with E-state index in [1.807, 2.05) is 18.2 Å². The Labute approximate surface area is 264 Å². The molecular weight excluding hydrogens is 606 g/mol. The van der Waals surface area contributed by atoms with Gasteiger partial charge in [0, 0.05) is 51.0 Å². The summed E-state index contributed by atoms with van der Waals surface area (Å²) >= 11 is 6.40. The molecule has 2 aromatic carbocycles. The Balaban J connectivity index is 1.37. The maximum Gasteiger partial charge on any atom is 0.229 e. The lowest BCUT2D eigenvalue weighted by Gasteiger charge is -2.36. The van der Waals surface area contributed by atoms with Crippen LogP contribution in [0.1, 0.15) is 13.8 Å². The largest absolute Gasteiger partial charge is 0.494 e. The van der Waals surface area contributed by atoms with Crippen LogP contribution >= 0.6 is 11.6 Å². The van der Waals surface area contributed by atoms with E-state index in [2.05, 4.69) is 30.4 Å². The van der Waals surface area contributed by atoms with E-state index >= 15 is 0 Å². The Kier molecular flexibility index (Phi) is 12.4. The molecule has 3 aromatic rings. The van der Waals surface area contributed by atoms with Gasteiger partial charge >= 0.3 is 0 Å². The molecule has 0 saturated carbocycles. The van der Waals surface area contributed by atoms with Crippen molar-refractivity contribution in [2.75, 3.05) is 88.3 Å². The predicted octanol–water partition coefficient (Wildman–Crippen LogP) is 3.92. The van der Waals surface area contributed by atoms with Crippen LogP contribution in [0.3, 0.4) is 0 Å². The van der Waals surface area contributed by atoms with Gasteiger partial charge in [-0.1, -0.05) is 23.7 Å². The first-order valence-electron chi connectivity index (χ1n) is 14.6. The second kappa shape index (κ2) is 16.2. The van der Waals surface area contributed by atoms with E-state index in [-0.39, 0.29) is 21.7 Å². The van der Waals surface area contributed by atoms with Crippen LogP contribution in [-0.2, 0) is 19.3 Å². The number of hydrogen-bond donors (Lipinski definition) is 3. The van der Waals surface area contributed by atoms with Crippen LogP contribution in [0.4, 0.5) is 28.8 Å². The normalized spacial score (nSPS) is 14.2. The summed E-state index contributed by atoms with van der Waals surface area (Å²) in [4.78, 5) is 13.7. The molecule has 240 valence electrons. The van der Waals surface area contributed by atoms with Crippen molar-refractivity contribution in [2.24, 2.45) is 5.73 Å². The van der Waals surface area contributed by atoms with E-state index < -0.39 is 15.1 Å². The van der Waals surface area contributed by atoms with Gasteiger partial charge in [0.15, 0.2) is 15.7 Å². The first-order chi connectivity index (χ1) is 21.2. The minimum Gasteiger partial charge on any atom is -0.494 e. The molecule has 1 aliphatic rings. The molecular formula is C30H42ClN7O5S. The molecule has 2 heterocycles. The highest BCUT2D eigenvalue weighted by Gasteiger charge is 2.23. The number of methoxy groups -OCH3 is 1. The number of anilines is 5. The Morgan fingerprint density at radius 1 is 0.977 bits per heavy atom. The Morgan fingerprint density at radius 3 is 2.41 bits per heavy atom. The Hall–Kier alpha value is -3.20. The lowest BCUT2D eigenvalue weighted by Crippen LogP contribution is -2.47. The maximum atomic E-state index is 12.9. The zero-order chi connectivity index (χ0) is 31.5. The number of sulfone groups is 1. The fourth-order valence-corrected chi connectivity index (χ4v) is 5.98. The molecule has 0 spiro atoms. The molecule has 14 heteroatoms. The quantitative estimate of drug-likeness (QED) is 0.194. The Morgan fingerprint density at radius 2 is 1.70 bits per heavy atom. The van der Waals surface area contributed by atoms with Crippen molar-refractivity contribution in [1.82, 2.24) is 14.9 Å². The van der Waals surface area contributed by atoms with Gasteiger partial charge < -0.3 is 35.5 Å². The monoisotopic (exact) mass is 647 g/mol. The molecule has 44 heavy (non-hydrogen) atoms. The van der Waals surface area contributed by atoms with Crippen molar-refractivity contribution in [3.63, 3.8) is 0 Å². The smallest absolute Gasteiger partial charge is 0.229 e. The lowest BCUT2D eigenvalue weighted by molar-refractivity contribution is 0.0405. The fourth-order valence-electron chi connectivity index (χ4n) is 4.64. The van der Waals surface area contributed by atoms with Gasteiger partial charge in [-0.25, -0.2) is 13.4 Å². The molecule has 0 unspecified atom stereocenters. The molecule has 0 aliphatic carbocycles. The number of halogens is 1. The van der Waals surface area contributed by atoms with Gasteiger partial charge in [0.2, 0.25) is 5.95 Å². The second-order valence-electron chi connectivity index (χ2n) is 10.5. The average Bonchev–Trinajstić information content (AvgIpc) is 3.03. The summed E-state index contributed by atoms with van der Waals surface area (Å²) in [5.74, 6) is 1.18. The van der Waals surface area contributed by atoms with Crippen LogP contribution in [-0.4, -0.2) is 101 Å². The van der Waals surface area contributed by atoms with E-state index in [0.717, 1.165) is 38.4 Å². The van der Waals surface area contributed by atoms with Crippen LogP contribution in [0, 0.1) is 0 Å². The van der Waals surface area contributed by atoms with E-state index in [1.165, 1.54) is 6.20 Å². The van der Waals surface area contributed by atoms with Crippen molar-refractivity contribution in [1.29, 1.82) is 0 Å². The summed E-state index contributed by atoms with van der Waals surface area (Å²) in [5, 5.41) is 5.94. The zero-order valence-electron chi connectivity index (χ0n) is 25.5. The average molecular weight is 648 g/mol. The number of nitrogens with zero attached hydrogens (tertiary/aromatic N) is 4. The minimum absolute atomic E-state index is 0.176. The first kappa shape index (κ1) is 33.7. The third-order valence-corrected chi connectivity index (χ3v) is 9.65. The summed E-state index contributed by atoms with van der Waals surface area (Å²) in [6.07, 6.45) is 1.46. The lowest BCUT2D eigenvalue weighted by atomic mass is 10.2. The van der Waals surface area contributed by atoms with Crippen molar-refractivity contribution in [3.8, 4) is 5.75 Å². The van der Waals surface area contributed by atoms with Crippen LogP contribution in [0.2, 0.25) is 5.02 Å². The van der Waals surface area contributed by atoms with Gasteiger partial charge in [-0.3, -0.25) is 4.90 Å². The number of benzene rings is 2. The highest BCUT2D eigenvalue weighted by Crippen LogP contribution is 2.34. The van der Waals surface area contributed by atoms with Gasteiger partial charge in [0.1, 0.15) is 10.8 Å². The molecule has 1 aromatic heterocycles. The molecule has 4 rings (SSSR count). The van der Waals surface area contributed by atoms with Gasteiger partial charge in [0.25, 0.3) is 0 Å². The van der Waals surface area contributed by atoms with Crippen LogP contribution in [0.15, 0.2) is 53.6 Å². The van der Waals surface area contributed by atoms with Crippen molar-refractivity contribution >= 4 is 50.3 Å². The summed E-state index contributed by atoms with van der Waals surface area (Å²) in [7, 11) is -1.92. The van der Waals surface area contributed by atoms with Gasteiger partial charge in [0.05, 0.1) is 61.3 Å². The van der Waals surface area contributed by atoms with Crippen molar-refractivity contribution in [2.45, 2.75) is 24.0 Å². The molecule has 1 saturated heterocycles.